The van der Waals surface area contributed by atoms with Crippen molar-refractivity contribution in [2.75, 3.05) is 11.5 Å². The predicted octanol–water partition coefficient (Wildman–Crippen LogP) is 2.33. The molecule has 7 heteroatoms. The van der Waals surface area contributed by atoms with Gasteiger partial charge < -0.3 is 4.42 Å². The van der Waals surface area contributed by atoms with E-state index >= 15 is 0 Å². The number of halogens is 1. The van der Waals surface area contributed by atoms with E-state index in [1.54, 1.807) is 16.7 Å². The van der Waals surface area contributed by atoms with Gasteiger partial charge in [0.05, 0.1) is 22.4 Å². The Morgan fingerprint density at radius 2 is 2.24 bits per heavy atom. The van der Waals surface area contributed by atoms with Crippen molar-refractivity contribution in [3.8, 4) is 0 Å². The van der Waals surface area contributed by atoms with Crippen LogP contribution in [-0.2, 0) is 16.4 Å². The largest absolute Gasteiger partial charge is 0.419 e. The lowest BCUT2D eigenvalue weighted by Gasteiger charge is -2.15. The monoisotopic (exact) mass is 329 g/mol. The van der Waals surface area contributed by atoms with E-state index in [-0.39, 0.29) is 28.6 Å². The number of aryl methyl sites for hydroxylation is 1. The quantitative estimate of drug-likeness (QED) is 0.810. The van der Waals surface area contributed by atoms with Crippen LogP contribution < -0.4 is 5.76 Å². The summed E-state index contributed by atoms with van der Waals surface area (Å²) in [6.45, 7) is 2.41. The molecule has 1 aliphatic rings. The Labute approximate surface area is 127 Å². The van der Waals surface area contributed by atoms with Crippen LogP contribution in [0.1, 0.15) is 24.3 Å². The van der Waals surface area contributed by atoms with Crippen LogP contribution in [-0.4, -0.2) is 24.5 Å². The number of hydrogen-bond acceptors (Lipinski definition) is 4. The first-order chi connectivity index (χ1) is 9.91. The van der Waals surface area contributed by atoms with Gasteiger partial charge in [0, 0.05) is 6.54 Å². The average molecular weight is 330 g/mol. The Morgan fingerprint density at radius 3 is 2.86 bits per heavy atom. The molecule has 1 aliphatic heterocycles. The molecule has 21 heavy (non-hydrogen) atoms. The summed E-state index contributed by atoms with van der Waals surface area (Å²) >= 11 is 6.43. The minimum absolute atomic E-state index is 0.0888. The summed E-state index contributed by atoms with van der Waals surface area (Å²) in [5, 5.41) is -0.387. The maximum Gasteiger partial charge on any atom is 0.419 e. The number of aromatic nitrogens is 1. The van der Waals surface area contributed by atoms with E-state index in [2.05, 4.69) is 0 Å². The van der Waals surface area contributed by atoms with Gasteiger partial charge >= 0.3 is 5.76 Å². The second-order valence-electron chi connectivity index (χ2n) is 5.40. The lowest BCUT2D eigenvalue weighted by Crippen LogP contribution is -2.12. The van der Waals surface area contributed by atoms with Crippen LogP contribution >= 0.6 is 11.6 Å². The third kappa shape index (κ3) is 2.62. The minimum atomic E-state index is -2.96. The number of hydrogen-bond donors (Lipinski definition) is 0. The summed E-state index contributed by atoms with van der Waals surface area (Å²) in [5.41, 5.74) is 2.02. The Balaban J connectivity index is 1.96. The molecule has 5 nitrogen and oxygen atoms in total. The summed E-state index contributed by atoms with van der Waals surface area (Å²) < 4.78 is 29.9. The zero-order valence-electron chi connectivity index (χ0n) is 11.6. The normalized spacial score (nSPS) is 22.7. The molecule has 1 saturated heterocycles. The number of oxazole rings is 1. The van der Waals surface area contributed by atoms with E-state index in [0.717, 1.165) is 11.1 Å². The number of rotatable bonds is 3. The molecule has 0 bridgehead atoms. The van der Waals surface area contributed by atoms with Crippen LogP contribution in [0.25, 0.3) is 11.1 Å². The fourth-order valence-electron chi connectivity index (χ4n) is 2.88. The molecule has 1 fully saturated rings. The van der Waals surface area contributed by atoms with Crippen LogP contribution in [0.2, 0.25) is 0 Å². The van der Waals surface area contributed by atoms with Crippen molar-refractivity contribution in [1.82, 2.24) is 4.57 Å². The van der Waals surface area contributed by atoms with Crippen molar-refractivity contribution in [2.24, 2.45) is 5.92 Å². The van der Waals surface area contributed by atoms with Gasteiger partial charge in [0.2, 0.25) is 0 Å². The van der Waals surface area contributed by atoms with Gasteiger partial charge in [-0.25, -0.2) is 13.2 Å². The summed E-state index contributed by atoms with van der Waals surface area (Å²) in [7, 11) is -2.96. The van der Waals surface area contributed by atoms with Gasteiger partial charge in [-0.3, -0.25) is 4.57 Å². The maximum atomic E-state index is 11.7. The Hall–Kier alpha value is -1.27. The number of sulfone groups is 1. The van der Waals surface area contributed by atoms with Gasteiger partial charge in [0.15, 0.2) is 15.4 Å². The first-order valence-electron chi connectivity index (χ1n) is 6.89. The number of nitrogens with zero attached hydrogens (tertiary/aromatic N) is 1. The molecule has 2 heterocycles. The average Bonchev–Trinajstić information content (AvgIpc) is 2.95. The lowest BCUT2D eigenvalue weighted by molar-refractivity contribution is 0.512. The molecule has 114 valence electrons. The number of alkyl halides is 1. The maximum absolute atomic E-state index is 11.7. The zero-order chi connectivity index (χ0) is 15.2. The highest BCUT2D eigenvalue weighted by Gasteiger charge is 2.33. The predicted molar refractivity (Wildman–Crippen MR) is 81.5 cm³/mol. The minimum Gasteiger partial charge on any atom is -0.408 e. The summed E-state index contributed by atoms with van der Waals surface area (Å²) in [6, 6.07) is 5.38. The molecule has 2 aromatic rings. The smallest absolute Gasteiger partial charge is 0.408 e. The third-order valence-corrected chi connectivity index (χ3v) is 6.41. The van der Waals surface area contributed by atoms with Crippen molar-refractivity contribution in [3.05, 3.63) is 34.3 Å². The van der Waals surface area contributed by atoms with E-state index in [9.17, 15) is 13.2 Å². The standard InChI is InChI=1S/C14H16ClNO4S/c1-2-16-11-4-3-9(7-12(11)20-14(16)17)13(15)10-5-6-21(18,19)8-10/h3-4,7,10,13H,2,5-6,8H2,1H3. The molecule has 0 aliphatic carbocycles. The fourth-order valence-corrected chi connectivity index (χ4v) is 5.18. The van der Waals surface area contributed by atoms with E-state index in [1.165, 1.54) is 0 Å². The van der Waals surface area contributed by atoms with Crippen LogP contribution in [0.4, 0.5) is 0 Å². The van der Waals surface area contributed by atoms with Gasteiger partial charge in [0.1, 0.15) is 0 Å². The van der Waals surface area contributed by atoms with Crippen molar-refractivity contribution < 1.29 is 12.8 Å². The molecule has 0 saturated carbocycles. The summed E-state index contributed by atoms with van der Waals surface area (Å²) in [4.78, 5) is 11.7. The first kappa shape index (κ1) is 14.7. The fraction of sp³-hybridized carbons (Fsp3) is 0.500. The van der Waals surface area contributed by atoms with Crippen LogP contribution in [0, 0.1) is 5.92 Å². The molecule has 2 unspecified atom stereocenters. The third-order valence-electron chi connectivity index (χ3n) is 4.01. The zero-order valence-corrected chi connectivity index (χ0v) is 13.2. The molecule has 0 spiro atoms. The number of fused-ring (bicyclic) bond motifs is 1. The molecule has 3 rings (SSSR count). The molecule has 1 aromatic carbocycles. The van der Waals surface area contributed by atoms with Crippen LogP contribution in [0.15, 0.2) is 27.4 Å². The van der Waals surface area contributed by atoms with E-state index < -0.39 is 9.84 Å². The van der Waals surface area contributed by atoms with Gasteiger partial charge in [-0.15, -0.1) is 11.6 Å². The molecule has 0 amide bonds. The number of benzene rings is 1. The molecular formula is C14H16ClNO4S. The molecule has 0 radical (unpaired) electrons. The molecular weight excluding hydrogens is 314 g/mol. The van der Waals surface area contributed by atoms with Crippen molar-refractivity contribution in [3.63, 3.8) is 0 Å². The van der Waals surface area contributed by atoms with Crippen molar-refractivity contribution in [1.29, 1.82) is 0 Å². The topological polar surface area (TPSA) is 69.3 Å². The lowest BCUT2D eigenvalue weighted by atomic mass is 9.98. The molecule has 1 aromatic heterocycles. The van der Waals surface area contributed by atoms with Gasteiger partial charge in [-0.2, -0.15) is 0 Å². The first-order valence-corrected chi connectivity index (χ1v) is 9.15. The summed E-state index contributed by atoms with van der Waals surface area (Å²) in [5.74, 6) is -0.155. The Morgan fingerprint density at radius 1 is 1.48 bits per heavy atom. The molecule has 2 atom stereocenters. The highest BCUT2D eigenvalue weighted by molar-refractivity contribution is 7.91. The highest BCUT2D eigenvalue weighted by atomic mass is 35.5. The van der Waals surface area contributed by atoms with Crippen molar-refractivity contribution >= 4 is 32.5 Å². The van der Waals surface area contributed by atoms with Gasteiger partial charge in [-0.05, 0) is 37.0 Å². The van der Waals surface area contributed by atoms with Gasteiger partial charge in [-0.1, -0.05) is 6.07 Å². The van der Waals surface area contributed by atoms with E-state index in [4.69, 9.17) is 16.0 Å². The second-order valence-corrected chi connectivity index (χ2v) is 8.10. The highest BCUT2D eigenvalue weighted by Crippen LogP contribution is 2.37. The van der Waals surface area contributed by atoms with Crippen LogP contribution in [0.3, 0.4) is 0 Å². The molecule has 0 N–H and O–H groups in total. The van der Waals surface area contributed by atoms with Gasteiger partial charge in [0.25, 0.3) is 0 Å². The Bertz CT molecular complexity index is 836. The van der Waals surface area contributed by atoms with E-state index in [1.807, 2.05) is 13.0 Å². The second kappa shape index (κ2) is 5.18. The van der Waals surface area contributed by atoms with E-state index in [0.29, 0.717) is 18.5 Å². The van der Waals surface area contributed by atoms with Crippen LogP contribution in [0.5, 0.6) is 0 Å². The SMILES string of the molecule is CCn1c(=O)oc2cc(C(Cl)C3CCS(=O)(=O)C3)ccc21. The Kier molecular flexibility index (Phi) is 3.61. The van der Waals surface area contributed by atoms with Crippen molar-refractivity contribution in [2.45, 2.75) is 25.3 Å². The summed E-state index contributed by atoms with van der Waals surface area (Å²) in [6.07, 6.45) is 0.578.